The van der Waals surface area contributed by atoms with Gasteiger partial charge in [0, 0.05) is 5.39 Å². The van der Waals surface area contributed by atoms with Crippen molar-refractivity contribution in [2.75, 3.05) is 0 Å². The summed E-state index contributed by atoms with van der Waals surface area (Å²) in [7, 11) is 0. The molecule has 0 saturated heterocycles. The van der Waals surface area contributed by atoms with Gasteiger partial charge in [0.1, 0.15) is 5.75 Å². The first kappa shape index (κ1) is 8.20. The van der Waals surface area contributed by atoms with E-state index < -0.39 is 0 Å². The third kappa shape index (κ3) is 1.53. The van der Waals surface area contributed by atoms with Gasteiger partial charge in [-0.25, -0.2) is 0 Å². The Hall–Kier alpha value is -1.41. The van der Waals surface area contributed by atoms with Crippen LogP contribution in [0.1, 0.15) is 0 Å². The summed E-state index contributed by atoms with van der Waals surface area (Å²) >= 11 is 4.65. The van der Waals surface area contributed by atoms with Gasteiger partial charge in [-0.05, 0) is 23.7 Å². The van der Waals surface area contributed by atoms with Gasteiger partial charge in [0.25, 0.3) is 0 Å². The summed E-state index contributed by atoms with van der Waals surface area (Å²) in [5.41, 5.74) is 1.28. The third-order valence-corrected chi connectivity index (χ3v) is 2.02. The van der Waals surface area contributed by atoms with Crippen LogP contribution < -0.4 is 4.74 Å². The average molecular weight is 188 g/mol. The molecule has 0 amide bonds. The molecule has 0 unspecified atom stereocenters. The number of hydrogen-bond acceptors (Lipinski definition) is 2. The Morgan fingerprint density at radius 1 is 1.00 bits per heavy atom. The molecule has 2 aromatic carbocycles. The van der Waals surface area contributed by atoms with Crippen LogP contribution in [0.2, 0.25) is 0 Å². The molecule has 0 aliphatic rings. The van der Waals surface area contributed by atoms with Crippen LogP contribution in [0.5, 0.6) is 5.75 Å². The van der Waals surface area contributed by atoms with Crippen molar-refractivity contribution in [3.8, 4) is 5.75 Å². The van der Waals surface area contributed by atoms with Gasteiger partial charge in [-0.15, -0.1) is 0 Å². The Bertz CT molecular complexity index is 432. The molecule has 2 rings (SSSR count). The van der Waals surface area contributed by atoms with E-state index in [1.807, 2.05) is 42.5 Å². The molecular formula is C11H8OS. The topological polar surface area (TPSA) is 9.23 Å². The van der Waals surface area contributed by atoms with Gasteiger partial charge >= 0.3 is 0 Å². The Morgan fingerprint density at radius 3 is 2.62 bits per heavy atom. The van der Waals surface area contributed by atoms with Crippen LogP contribution >= 0.6 is 12.2 Å². The van der Waals surface area contributed by atoms with Gasteiger partial charge in [0.15, 0.2) is 5.55 Å². The van der Waals surface area contributed by atoms with Crippen LogP contribution in [0.25, 0.3) is 10.8 Å². The van der Waals surface area contributed by atoms with Crippen LogP contribution in [0.3, 0.4) is 0 Å². The smallest absolute Gasteiger partial charge is 0.154 e. The van der Waals surface area contributed by atoms with Crippen molar-refractivity contribution in [3.05, 3.63) is 42.5 Å². The van der Waals surface area contributed by atoms with Crippen molar-refractivity contribution in [3.63, 3.8) is 0 Å². The van der Waals surface area contributed by atoms with E-state index in [4.69, 9.17) is 4.74 Å². The fourth-order valence-electron chi connectivity index (χ4n) is 1.35. The molecule has 0 aromatic heterocycles. The minimum absolute atomic E-state index is 0.813. The summed E-state index contributed by atoms with van der Waals surface area (Å²) < 4.78 is 5.21. The zero-order valence-corrected chi connectivity index (χ0v) is 7.75. The number of ether oxygens (including phenoxy) is 1. The van der Waals surface area contributed by atoms with E-state index >= 15 is 0 Å². The maximum absolute atomic E-state index is 5.21. The Labute approximate surface area is 82.0 Å². The highest BCUT2D eigenvalue weighted by atomic mass is 32.1. The fourth-order valence-corrected chi connectivity index (χ4v) is 1.45. The number of rotatable bonds is 2. The number of benzene rings is 2. The van der Waals surface area contributed by atoms with Crippen molar-refractivity contribution in [2.45, 2.75) is 0 Å². The number of fused-ring (bicyclic) bond motifs is 1. The predicted molar refractivity (Wildman–Crippen MR) is 58.2 cm³/mol. The summed E-state index contributed by atoms with van der Waals surface area (Å²) in [4.78, 5) is 0. The highest BCUT2D eigenvalue weighted by Crippen LogP contribution is 2.24. The Balaban J connectivity index is 2.68. The van der Waals surface area contributed by atoms with E-state index in [1.165, 1.54) is 5.55 Å². The van der Waals surface area contributed by atoms with Crippen molar-refractivity contribution in [1.82, 2.24) is 0 Å². The maximum Gasteiger partial charge on any atom is 0.154 e. The van der Waals surface area contributed by atoms with E-state index in [1.54, 1.807) is 0 Å². The van der Waals surface area contributed by atoms with Crippen molar-refractivity contribution in [1.29, 1.82) is 0 Å². The van der Waals surface area contributed by atoms with E-state index in [0.29, 0.717) is 0 Å². The van der Waals surface area contributed by atoms with Gasteiger partial charge in [0.05, 0.1) is 0 Å². The average Bonchev–Trinajstić information content (AvgIpc) is 2.19. The molecular weight excluding hydrogens is 180 g/mol. The number of thiocarbonyl (C=S) groups is 1. The van der Waals surface area contributed by atoms with Gasteiger partial charge in [0.2, 0.25) is 0 Å². The lowest BCUT2D eigenvalue weighted by Gasteiger charge is -2.03. The molecule has 0 aliphatic heterocycles. The molecule has 0 atom stereocenters. The normalized spacial score (nSPS) is 9.85. The van der Waals surface area contributed by atoms with Crippen molar-refractivity contribution >= 4 is 28.5 Å². The summed E-state index contributed by atoms with van der Waals surface area (Å²) in [5, 5.41) is 2.25. The lowest BCUT2D eigenvalue weighted by atomic mass is 10.1. The van der Waals surface area contributed by atoms with Crippen molar-refractivity contribution < 1.29 is 4.74 Å². The molecule has 0 bridgehead atoms. The zero-order chi connectivity index (χ0) is 9.10. The second kappa shape index (κ2) is 3.54. The lowest BCUT2D eigenvalue weighted by Crippen LogP contribution is -1.87. The second-order valence-electron chi connectivity index (χ2n) is 2.69. The second-order valence-corrected chi connectivity index (χ2v) is 2.88. The zero-order valence-electron chi connectivity index (χ0n) is 6.94. The van der Waals surface area contributed by atoms with E-state index in [2.05, 4.69) is 12.2 Å². The molecule has 0 spiro atoms. The molecule has 2 heteroatoms. The molecule has 0 N–H and O–H groups in total. The Kier molecular flexibility index (Phi) is 2.23. The minimum Gasteiger partial charge on any atom is -0.453 e. The standard InChI is InChI=1S/C11H8OS/c13-8-12-11-7-3-5-9-4-1-2-6-10(9)11/h1-8H. The molecule has 0 saturated carbocycles. The van der Waals surface area contributed by atoms with E-state index in [9.17, 15) is 0 Å². The van der Waals surface area contributed by atoms with Gasteiger partial charge in [-0.1, -0.05) is 36.4 Å². The molecule has 0 heterocycles. The van der Waals surface area contributed by atoms with Crippen LogP contribution in [0.15, 0.2) is 42.5 Å². The van der Waals surface area contributed by atoms with Crippen LogP contribution in [-0.4, -0.2) is 5.55 Å². The Morgan fingerprint density at radius 2 is 1.77 bits per heavy atom. The van der Waals surface area contributed by atoms with Gasteiger partial charge in [-0.2, -0.15) is 0 Å². The SMILES string of the molecule is S=COc1cccc2ccccc12. The number of hydrogen-bond donors (Lipinski definition) is 0. The predicted octanol–water partition coefficient (Wildman–Crippen LogP) is 3.18. The van der Waals surface area contributed by atoms with Gasteiger partial charge in [-0.3, -0.25) is 0 Å². The highest BCUT2D eigenvalue weighted by Gasteiger charge is 1.98. The summed E-state index contributed by atoms with van der Waals surface area (Å²) in [6, 6.07) is 14.0. The van der Waals surface area contributed by atoms with Crippen LogP contribution in [0, 0.1) is 0 Å². The first-order chi connectivity index (χ1) is 6.42. The van der Waals surface area contributed by atoms with Crippen LogP contribution in [0.4, 0.5) is 0 Å². The molecule has 0 radical (unpaired) electrons. The van der Waals surface area contributed by atoms with E-state index in [-0.39, 0.29) is 0 Å². The maximum atomic E-state index is 5.21. The third-order valence-electron chi connectivity index (χ3n) is 1.92. The van der Waals surface area contributed by atoms with Crippen molar-refractivity contribution in [2.24, 2.45) is 0 Å². The minimum atomic E-state index is 0.813. The van der Waals surface area contributed by atoms with Crippen LogP contribution in [-0.2, 0) is 0 Å². The largest absolute Gasteiger partial charge is 0.453 e. The van der Waals surface area contributed by atoms with Gasteiger partial charge < -0.3 is 4.74 Å². The fraction of sp³-hybridized carbons (Fsp3) is 0. The molecule has 64 valence electrons. The summed E-state index contributed by atoms with van der Waals surface area (Å²) in [5.74, 6) is 0.813. The highest BCUT2D eigenvalue weighted by molar-refractivity contribution is 7.78. The first-order valence-electron chi connectivity index (χ1n) is 4.00. The van der Waals surface area contributed by atoms with E-state index in [0.717, 1.165) is 16.5 Å². The molecule has 13 heavy (non-hydrogen) atoms. The molecule has 0 fully saturated rings. The molecule has 0 aliphatic carbocycles. The quantitative estimate of drug-likeness (QED) is 0.669. The lowest BCUT2D eigenvalue weighted by molar-refractivity contribution is 0.593. The summed E-state index contributed by atoms with van der Waals surface area (Å²) in [6.07, 6.45) is 0. The molecule has 2 aromatic rings. The first-order valence-corrected chi connectivity index (χ1v) is 4.47. The molecule has 1 nitrogen and oxygen atoms in total. The monoisotopic (exact) mass is 188 g/mol. The summed E-state index contributed by atoms with van der Waals surface area (Å²) in [6.45, 7) is 0.